The van der Waals surface area contributed by atoms with Crippen molar-refractivity contribution in [3.8, 4) is 0 Å². The summed E-state index contributed by atoms with van der Waals surface area (Å²) in [5.41, 5.74) is 1.08. The molecule has 1 aromatic carbocycles. The van der Waals surface area contributed by atoms with Gasteiger partial charge in [0.05, 0.1) is 5.75 Å². The van der Waals surface area contributed by atoms with Crippen LogP contribution < -0.4 is 4.72 Å². The van der Waals surface area contributed by atoms with Crippen LogP contribution in [0.2, 0.25) is 5.02 Å². The molecular formula is C14H21ClN2O3S. The summed E-state index contributed by atoms with van der Waals surface area (Å²) in [6, 6.07) is 7.45. The number of rotatable bonds is 8. The zero-order valence-electron chi connectivity index (χ0n) is 12.3. The fourth-order valence-corrected chi connectivity index (χ4v) is 2.51. The first kappa shape index (κ1) is 17.9. The van der Waals surface area contributed by atoms with Crippen molar-refractivity contribution in [2.24, 2.45) is 0 Å². The fraction of sp³-hybridized carbons (Fsp3) is 0.500. The monoisotopic (exact) mass is 332 g/mol. The van der Waals surface area contributed by atoms with Crippen LogP contribution in [-0.2, 0) is 21.2 Å². The predicted octanol–water partition coefficient (Wildman–Crippen LogP) is 1.67. The molecule has 0 fully saturated rings. The molecule has 0 spiro atoms. The molecule has 0 unspecified atom stereocenters. The maximum atomic E-state index is 11.6. The van der Waals surface area contributed by atoms with Crippen LogP contribution in [0.15, 0.2) is 24.3 Å². The number of benzene rings is 1. The van der Waals surface area contributed by atoms with Crippen LogP contribution in [0, 0.1) is 0 Å². The molecule has 1 amide bonds. The summed E-state index contributed by atoms with van der Waals surface area (Å²) in [5.74, 6) is -0.0302. The Balaban J connectivity index is 2.47. The van der Waals surface area contributed by atoms with Gasteiger partial charge in [-0.1, -0.05) is 23.7 Å². The Morgan fingerprint density at radius 1 is 1.24 bits per heavy atom. The van der Waals surface area contributed by atoms with Gasteiger partial charge in [0.15, 0.2) is 0 Å². The van der Waals surface area contributed by atoms with E-state index in [-0.39, 0.29) is 18.2 Å². The Morgan fingerprint density at radius 3 is 2.38 bits per heavy atom. The van der Waals surface area contributed by atoms with E-state index < -0.39 is 10.0 Å². The van der Waals surface area contributed by atoms with Crippen molar-refractivity contribution < 1.29 is 13.2 Å². The van der Waals surface area contributed by atoms with E-state index in [0.29, 0.717) is 24.5 Å². The zero-order valence-corrected chi connectivity index (χ0v) is 13.9. The molecule has 0 saturated carbocycles. The van der Waals surface area contributed by atoms with Crippen LogP contribution in [0.1, 0.15) is 19.4 Å². The Bertz CT molecular complexity index is 558. The molecule has 1 aromatic rings. The van der Waals surface area contributed by atoms with Crippen molar-refractivity contribution in [2.45, 2.75) is 20.3 Å². The van der Waals surface area contributed by atoms with E-state index in [1.165, 1.54) is 6.92 Å². The maximum Gasteiger partial charge on any atom is 0.219 e. The summed E-state index contributed by atoms with van der Waals surface area (Å²) in [6.07, 6.45) is 0.706. The molecule has 0 radical (unpaired) electrons. The average molecular weight is 333 g/mol. The lowest BCUT2D eigenvalue weighted by Gasteiger charge is -2.21. The van der Waals surface area contributed by atoms with Crippen LogP contribution in [0.4, 0.5) is 0 Å². The average Bonchev–Trinajstić information content (AvgIpc) is 2.44. The molecule has 0 aliphatic heterocycles. The predicted molar refractivity (Wildman–Crippen MR) is 84.9 cm³/mol. The molecule has 118 valence electrons. The second kappa shape index (κ2) is 8.36. The highest BCUT2D eigenvalue weighted by atomic mass is 35.5. The first-order valence-electron chi connectivity index (χ1n) is 6.81. The highest BCUT2D eigenvalue weighted by Gasteiger charge is 2.11. The van der Waals surface area contributed by atoms with Gasteiger partial charge in [-0.3, -0.25) is 4.79 Å². The van der Waals surface area contributed by atoms with E-state index in [2.05, 4.69) is 4.72 Å². The molecule has 1 rings (SSSR count). The second-order valence-corrected chi connectivity index (χ2v) is 7.21. The molecular weight excluding hydrogens is 312 g/mol. The van der Waals surface area contributed by atoms with Gasteiger partial charge in [0.2, 0.25) is 15.9 Å². The van der Waals surface area contributed by atoms with Gasteiger partial charge in [-0.05, 0) is 31.0 Å². The van der Waals surface area contributed by atoms with Crippen LogP contribution in [-0.4, -0.2) is 44.6 Å². The van der Waals surface area contributed by atoms with E-state index in [4.69, 9.17) is 11.6 Å². The summed E-state index contributed by atoms with van der Waals surface area (Å²) >= 11 is 5.82. The summed E-state index contributed by atoms with van der Waals surface area (Å²) in [7, 11) is -3.22. The Morgan fingerprint density at radius 2 is 1.86 bits per heavy atom. The SMILES string of the molecule is CCS(=O)(=O)NCCN(CCc1ccc(Cl)cc1)C(C)=O. The molecule has 0 bridgehead atoms. The van der Waals surface area contributed by atoms with Gasteiger partial charge in [-0.15, -0.1) is 0 Å². The number of hydrogen-bond acceptors (Lipinski definition) is 3. The number of carbonyl (C=O) groups excluding carboxylic acids is 1. The number of halogens is 1. The number of nitrogens with one attached hydrogen (secondary N) is 1. The first-order valence-corrected chi connectivity index (χ1v) is 8.84. The standard InChI is InChI=1S/C14H21ClN2O3S/c1-3-21(19,20)16-9-11-17(12(2)18)10-8-13-4-6-14(15)7-5-13/h4-7,16H,3,8-11H2,1-2H3. The van der Waals surface area contributed by atoms with Crippen molar-refractivity contribution in [1.82, 2.24) is 9.62 Å². The van der Waals surface area contributed by atoms with Gasteiger partial charge in [0.1, 0.15) is 0 Å². The molecule has 0 aliphatic rings. The molecule has 21 heavy (non-hydrogen) atoms. The van der Waals surface area contributed by atoms with Crippen LogP contribution >= 0.6 is 11.6 Å². The molecule has 0 atom stereocenters. The minimum absolute atomic E-state index is 0.0395. The number of carbonyl (C=O) groups is 1. The van der Waals surface area contributed by atoms with Crippen LogP contribution in [0.5, 0.6) is 0 Å². The van der Waals surface area contributed by atoms with Gasteiger partial charge < -0.3 is 4.90 Å². The van der Waals surface area contributed by atoms with Gasteiger partial charge in [-0.2, -0.15) is 0 Å². The summed E-state index contributed by atoms with van der Waals surface area (Å²) in [5, 5.41) is 0.677. The molecule has 0 saturated heterocycles. The van der Waals surface area contributed by atoms with Crippen molar-refractivity contribution >= 4 is 27.5 Å². The minimum atomic E-state index is -3.22. The van der Waals surface area contributed by atoms with Crippen molar-refractivity contribution in [1.29, 1.82) is 0 Å². The van der Waals surface area contributed by atoms with E-state index in [1.54, 1.807) is 11.8 Å². The number of sulfonamides is 1. The Hall–Kier alpha value is -1.11. The van der Waals surface area contributed by atoms with Gasteiger partial charge in [0.25, 0.3) is 0 Å². The first-order chi connectivity index (χ1) is 9.84. The Labute approximate surface area is 131 Å². The quantitative estimate of drug-likeness (QED) is 0.787. The molecule has 0 aliphatic carbocycles. The lowest BCUT2D eigenvalue weighted by atomic mass is 10.1. The van der Waals surface area contributed by atoms with E-state index in [0.717, 1.165) is 5.56 Å². The largest absolute Gasteiger partial charge is 0.341 e. The highest BCUT2D eigenvalue weighted by Crippen LogP contribution is 2.10. The number of amides is 1. The van der Waals surface area contributed by atoms with Crippen LogP contribution in [0.25, 0.3) is 0 Å². The topological polar surface area (TPSA) is 66.5 Å². The normalized spacial score (nSPS) is 11.4. The van der Waals surface area contributed by atoms with Gasteiger partial charge in [0, 0.05) is 31.6 Å². The smallest absolute Gasteiger partial charge is 0.219 e. The number of nitrogens with zero attached hydrogens (tertiary/aromatic N) is 1. The van der Waals surface area contributed by atoms with Crippen molar-refractivity contribution in [3.05, 3.63) is 34.9 Å². The number of hydrogen-bond donors (Lipinski definition) is 1. The third-order valence-electron chi connectivity index (χ3n) is 3.11. The zero-order chi connectivity index (χ0) is 15.9. The maximum absolute atomic E-state index is 11.6. The van der Waals surface area contributed by atoms with Crippen LogP contribution in [0.3, 0.4) is 0 Å². The second-order valence-electron chi connectivity index (χ2n) is 4.68. The van der Waals surface area contributed by atoms with Gasteiger partial charge in [-0.25, -0.2) is 13.1 Å². The summed E-state index contributed by atoms with van der Waals surface area (Å²) < 4.78 is 25.1. The van der Waals surface area contributed by atoms with E-state index in [9.17, 15) is 13.2 Å². The van der Waals surface area contributed by atoms with Crippen molar-refractivity contribution in [3.63, 3.8) is 0 Å². The highest BCUT2D eigenvalue weighted by molar-refractivity contribution is 7.89. The third-order valence-corrected chi connectivity index (χ3v) is 4.77. The molecule has 0 heterocycles. The summed E-state index contributed by atoms with van der Waals surface area (Å²) in [6.45, 7) is 4.20. The lowest BCUT2D eigenvalue weighted by Crippen LogP contribution is -2.38. The molecule has 0 aromatic heterocycles. The molecule has 1 N–H and O–H groups in total. The summed E-state index contributed by atoms with van der Waals surface area (Å²) in [4.78, 5) is 13.2. The molecule has 5 nitrogen and oxygen atoms in total. The van der Waals surface area contributed by atoms with E-state index in [1.807, 2.05) is 24.3 Å². The lowest BCUT2D eigenvalue weighted by molar-refractivity contribution is -0.128. The van der Waals surface area contributed by atoms with E-state index >= 15 is 0 Å². The molecule has 7 heteroatoms. The minimum Gasteiger partial charge on any atom is -0.341 e. The fourth-order valence-electron chi connectivity index (χ4n) is 1.78. The Kier molecular flexibility index (Phi) is 7.14. The van der Waals surface area contributed by atoms with Crippen molar-refractivity contribution in [2.75, 3.05) is 25.4 Å². The van der Waals surface area contributed by atoms with Gasteiger partial charge >= 0.3 is 0 Å². The third kappa shape index (κ3) is 6.93.